The van der Waals surface area contributed by atoms with E-state index in [1.165, 1.54) is 22.3 Å². The van der Waals surface area contributed by atoms with E-state index in [0.29, 0.717) is 0 Å². The molecule has 0 aliphatic heterocycles. The molecule has 2 aromatic carbocycles. The van der Waals surface area contributed by atoms with Crippen LogP contribution in [0.25, 0.3) is 22.3 Å². The number of benzene rings is 2. The summed E-state index contributed by atoms with van der Waals surface area (Å²) in [6.45, 7) is 0. The van der Waals surface area contributed by atoms with Crippen LogP contribution in [0.1, 0.15) is 0 Å². The first kappa shape index (κ1) is 10.3. The lowest BCUT2D eigenvalue weighted by molar-refractivity contribution is 1.60. The van der Waals surface area contributed by atoms with Crippen LogP contribution in [0.5, 0.6) is 0 Å². The van der Waals surface area contributed by atoms with Crippen LogP contribution in [-0.4, -0.2) is 0 Å². The third-order valence-corrected chi connectivity index (χ3v) is 3.46. The molecule has 17 heavy (non-hydrogen) atoms. The van der Waals surface area contributed by atoms with E-state index in [9.17, 15) is 0 Å². The van der Waals surface area contributed by atoms with Crippen molar-refractivity contribution in [2.24, 2.45) is 0 Å². The number of rotatable bonds is 2. The maximum Gasteiger partial charge on any atom is -0.00145 e. The van der Waals surface area contributed by atoms with E-state index >= 15 is 0 Å². The molecule has 0 nitrogen and oxygen atoms in total. The molecule has 1 aromatic heterocycles. The van der Waals surface area contributed by atoms with E-state index in [0.717, 1.165) is 0 Å². The zero-order valence-electron chi connectivity index (χ0n) is 9.26. The minimum atomic E-state index is 1.25. The lowest BCUT2D eigenvalue weighted by Gasteiger charge is -2.07. The fourth-order valence-corrected chi connectivity index (χ4v) is 2.61. The summed E-state index contributed by atoms with van der Waals surface area (Å²) >= 11 is 1.72. The summed E-state index contributed by atoms with van der Waals surface area (Å²) in [5, 5.41) is 4.28. The summed E-state index contributed by atoms with van der Waals surface area (Å²) in [5.41, 5.74) is 5.04. The third-order valence-electron chi connectivity index (χ3n) is 2.78. The Kier molecular flexibility index (Phi) is 2.76. The van der Waals surface area contributed by atoms with Crippen molar-refractivity contribution in [2.45, 2.75) is 0 Å². The van der Waals surface area contributed by atoms with E-state index in [1.807, 2.05) is 12.1 Å². The Morgan fingerprint density at radius 1 is 0.824 bits per heavy atom. The molecule has 0 aliphatic carbocycles. The monoisotopic (exact) mass is 235 g/mol. The van der Waals surface area contributed by atoms with Gasteiger partial charge in [-0.3, -0.25) is 0 Å². The van der Waals surface area contributed by atoms with Crippen LogP contribution >= 0.6 is 11.3 Å². The summed E-state index contributed by atoms with van der Waals surface area (Å²) in [5.74, 6) is 0. The molecular weight excluding hydrogens is 224 g/mol. The normalized spacial score (nSPS) is 10.4. The summed E-state index contributed by atoms with van der Waals surface area (Å²) in [6, 6.07) is 22.0. The molecule has 0 saturated carbocycles. The average molecular weight is 235 g/mol. The second-order valence-electron chi connectivity index (χ2n) is 3.85. The molecule has 3 rings (SSSR count). The molecule has 0 saturated heterocycles. The van der Waals surface area contributed by atoms with Crippen molar-refractivity contribution >= 4 is 11.3 Å². The van der Waals surface area contributed by atoms with Crippen molar-refractivity contribution in [1.82, 2.24) is 0 Å². The highest BCUT2D eigenvalue weighted by molar-refractivity contribution is 7.08. The van der Waals surface area contributed by atoms with Gasteiger partial charge in [-0.25, -0.2) is 0 Å². The molecule has 0 spiro atoms. The Bertz CT molecular complexity index is 594. The quantitative estimate of drug-likeness (QED) is 0.593. The molecule has 0 amide bonds. The van der Waals surface area contributed by atoms with Crippen LogP contribution in [0.4, 0.5) is 0 Å². The second kappa shape index (κ2) is 4.56. The highest BCUT2D eigenvalue weighted by Gasteiger charge is 2.06. The first-order valence-corrected chi connectivity index (χ1v) is 6.47. The highest BCUT2D eigenvalue weighted by atomic mass is 32.1. The zero-order chi connectivity index (χ0) is 11.5. The van der Waals surface area contributed by atoms with Gasteiger partial charge in [-0.1, -0.05) is 42.5 Å². The standard InChI is InChI=1S/C16H11S/c1-2-6-13(7-3-1)15-8-4-5-9-16(15)14-10-11-17-12-14/h1-4,6-12H. The minimum Gasteiger partial charge on any atom is -0.152 e. The molecule has 81 valence electrons. The Hall–Kier alpha value is -1.86. The highest BCUT2D eigenvalue weighted by Crippen LogP contribution is 2.32. The van der Waals surface area contributed by atoms with Gasteiger partial charge in [0.2, 0.25) is 0 Å². The summed E-state index contributed by atoms with van der Waals surface area (Å²) in [6.07, 6.45) is 0. The van der Waals surface area contributed by atoms with Gasteiger partial charge in [-0.2, -0.15) is 11.3 Å². The Balaban J connectivity index is 2.18. The molecule has 0 atom stereocenters. The van der Waals surface area contributed by atoms with Crippen LogP contribution in [0, 0.1) is 6.07 Å². The molecule has 0 fully saturated rings. The van der Waals surface area contributed by atoms with Crippen molar-refractivity contribution < 1.29 is 0 Å². The van der Waals surface area contributed by atoms with Crippen LogP contribution in [0.15, 0.2) is 65.4 Å². The molecule has 3 aromatic rings. The van der Waals surface area contributed by atoms with Gasteiger partial charge in [0.1, 0.15) is 0 Å². The van der Waals surface area contributed by atoms with Gasteiger partial charge in [0.05, 0.1) is 0 Å². The fourth-order valence-electron chi connectivity index (χ4n) is 1.96. The Morgan fingerprint density at radius 2 is 1.71 bits per heavy atom. The summed E-state index contributed by atoms with van der Waals surface area (Å²) in [7, 11) is 0. The maximum absolute atomic E-state index is 3.16. The summed E-state index contributed by atoms with van der Waals surface area (Å²) in [4.78, 5) is 0. The van der Waals surface area contributed by atoms with Crippen molar-refractivity contribution in [2.75, 3.05) is 0 Å². The molecule has 0 aliphatic rings. The van der Waals surface area contributed by atoms with E-state index in [2.05, 4.69) is 59.3 Å². The first-order valence-electron chi connectivity index (χ1n) is 5.53. The first-order chi connectivity index (χ1) is 8.45. The number of hydrogen-bond acceptors (Lipinski definition) is 1. The van der Waals surface area contributed by atoms with E-state index in [4.69, 9.17) is 0 Å². The topological polar surface area (TPSA) is 0 Å². The average Bonchev–Trinajstić information content (AvgIpc) is 2.94. The maximum atomic E-state index is 3.16. The van der Waals surface area contributed by atoms with E-state index in [-0.39, 0.29) is 0 Å². The predicted octanol–water partition coefficient (Wildman–Crippen LogP) is 4.88. The Labute approximate surface area is 105 Å². The molecule has 0 N–H and O–H groups in total. The molecule has 0 bridgehead atoms. The van der Waals surface area contributed by atoms with Gasteiger partial charge in [0, 0.05) is 0 Å². The van der Waals surface area contributed by atoms with Gasteiger partial charge in [0.25, 0.3) is 0 Å². The smallest absolute Gasteiger partial charge is 0.00145 e. The van der Waals surface area contributed by atoms with Crippen LogP contribution in [0.3, 0.4) is 0 Å². The lowest BCUT2D eigenvalue weighted by atomic mass is 9.96. The molecule has 1 heteroatoms. The van der Waals surface area contributed by atoms with Gasteiger partial charge in [-0.05, 0) is 51.2 Å². The minimum absolute atomic E-state index is 1.25. The lowest BCUT2D eigenvalue weighted by Crippen LogP contribution is -1.82. The summed E-state index contributed by atoms with van der Waals surface area (Å²) < 4.78 is 0. The van der Waals surface area contributed by atoms with E-state index < -0.39 is 0 Å². The van der Waals surface area contributed by atoms with Gasteiger partial charge in [-0.15, -0.1) is 0 Å². The largest absolute Gasteiger partial charge is 0.152 e. The van der Waals surface area contributed by atoms with E-state index in [1.54, 1.807) is 11.3 Å². The van der Waals surface area contributed by atoms with Crippen molar-refractivity contribution in [3.8, 4) is 22.3 Å². The SMILES string of the molecule is [c]1ccc(-c2ccccc2)c(-c2ccsc2)c1. The predicted molar refractivity (Wildman–Crippen MR) is 74.0 cm³/mol. The number of thiophene rings is 1. The van der Waals surface area contributed by atoms with Crippen LogP contribution < -0.4 is 0 Å². The second-order valence-corrected chi connectivity index (χ2v) is 4.63. The number of hydrogen-bond donors (Lipinski definition) is 0. The van der Waals surface area contributed by atoms with Crippen LogP contribution in [-0.2, 0) is 0 Å². The van der Waals surface area contributed by atoms with Crippen molar-refractivity contribution in [3.05, 3.63) is 71.4 Å². The molecule has 1 heterocycles. The Morgan fingerprint density at radius 3 is 2.47 bits per heavy atom. The van der Waals surface area contributed by atoms with Gasteiger partial charge >= 0.3 is 0 Å². The molecular formula is C16H11S. The van der Waals surface area contributed by atoms with Crippen molar-refractivity contribution in [3.63, 3.8) is 0 Å². The van der Waals surface area contributed by atoms with Gasteiger partial charge in [0.15, 0.2) is 0 Å². The zero-order valence-corrected chi connectivity index (χ0v) is 10.1. The van der Waals surface area contributed by atoms with Gasteiger partial charge < -0.3 is 0 Å². The fraction of sp³-hybridized carbons (Fsp3) is 0. The molecule has 1 radical (unpaired) electrons. The molecule has 0 unspecified atom stereocenters. The third kappa shape index (κ3) is 2.02. The van der Waals surface area contributed by atoms with Crippen molar-refractivity contribution in [1.29, 1.82) is 0 Å². The van der Waals surface area contributed by atoms with Crippen LogP contribution in [0.2, 0.25) is 0 Å².